The Morgan fingerprint density at radius 1 is 1.15 bits per heavy atom. The fourth-order valence-electron chi connectivity index (χ4n) is 2.20. The minimum Gasteiger partial charge on any atom is -0.467 e. The molecule has 0 aliphatic heterocycles. The number of carbonyl (C=O) groups is 3. The van der Waals surface area contributed by atoms with Gasteiger partial charge in [-0.2, -0.15) is 0 Å². The van der Waals surface area contributed by atoms with Crippen LogP contribution in [0.4, 0.5) is 0 Å². The summed E-state index contributed by atoms with van der Waals surface area (Å²) in [6.45, 7) is 0. The van der Waals surface area contributed by atoms with Gasteiger partial charge in [0.25, 0.3) is 0 Å². The number of rotatable bonds is 6. The molecule has 2 aliphatic rings. The molecule has 1 N–H and O–H groups in total. The van der Waals surface area contributed by atoms with E-state index in [1.54, 1.807) is 0 Å². The molecule has 0 aromatic heterocycles. The Hall–Kier alpha value is -1.04. The van der Waals surface area contributed by atoms with E-state index in [9.17, 15) is 14.4 Å². The minimum absolute atomic E-state index is 0.0227. The van der Waals surface area contributed by atoms with E-state index in [1.807, 2.05) is 0 Å². The van der Waals surface area contributed by atoms with Crippen LogP contribution < -0.4 is 5.32 Å². The second-order valence-electron chi connectivity index (χ2n) is 5.47. The highest BCUT2D eigenvalue weighted by Crippen LogP contribution is 2.31. The number of hydrogen-bond donors (Lipinski definition) is 1. The smallest absolute Gasteiger partial charge is 0.329 e. The van der Waals surface area contributed by atoms with Gasteiger partial charge in [-0.05, 0) is 25.7 Å². The van der Waals surface area contributed by atoms with E-state index in [1.165, 1.54) is 7.11 Å². The summed E-state index contributed by atoms with van der Waals surface area (Å²) < 4.78 is 4.70. The molecule has 0 aromatic carbocycles. The highest BCUT2D eigenvalue weighted by atomic mass is 32.2. The molecule has 1 atom stereocenters. The molecule has 6 heteroatoms. The van der Waals surface area contributed by atoms with Crippen LogP contribution in [0.3, 0.4) is 0 Å². The number of hydrogen-bond acceptors (Lipinski definition) is 5. The molecule has 1 amide bonds. The van der Waals surface area contributed by atoms with Gasteiger partial charge in [-0.1, -0.05) is 24.6 Å². The molecule has 0 bridgehead atoms. The standard InChI is InChI=1S/C14H21NO4S/c1-19-13(17)11(15-12(16)9-4-2-5-9)8-20-14(18)10-6-3-7-10/h9-11H,2-8H2,1H3,(H,15,16). The number of nitrogens with one attached hydrogen (secondary N) is 1. The normalized spacial score (nSPS) is 20.4. The summed E-state index contributed by atoms with van der Waals surface area (Å²) in [5.41, 5.74) is 0. The van der Waals surface area contributed by atoms with Crippen LogP contribution in [-0.4, -0.2) is 35.9 Å². The molecule has 112 valence electrons. The highest BCUT2D eigenvalue weighted by Gasteiger charge is 2.31. The number of esters is 1. The third-order valence-corrected chi connectivity index (χ3v) is 5.23. The van der Waals surface area contributed by atoms with Crippen LogP contribution in [0, 0.1) is 11.8 Å². The third kappa shape index (κ3) is 3.75. The van der Waals surface area contributed by atoms with Crippen LogP contribution >= 0.6 is 11.8 Å². The van der Waals surface area contributed by atoms with Gasteiger partial charge < -0.3 is 10.1 Å². The Kier molecular flexibility index (Phi) is 5.46. The minimum atomic E-state index is -0.720. The Morgan fingerprint density at radius 2 is 1.75 bits per heavy atom. The summed E-state index contributed by atoms with van der Waals surface area (Å²) in [6.07, 6.45) is 5.83. The number of ether oxygens (including phenoxy) is 1. The molecule has 0 spiro atoms. The third-order valence-electron chi connectivity index (χ3n) is 4.11. The predicted octanol–water partition coefficient (Wildman–Crippen LogP) is 1.50. The highest BCUT2D eigenvalue weighted by molar-refractivity contribution is 8.13. The second kappa shape index (κ2) is 7.11. The first kappa shape index (κ1) is 15.4. The molecule has 2 aliphatic carbocycles. The Morgan fingerprint density at radius 3 is 2.20 bits per heavy atom. The first-order valence-corrected chi connectivity index (χ1v) is 8.15. The summed E-state index contributed by atoms with van der Waals surface area (Å²) >= 11 is 1.14. The molecule has 2 fully saturated rings. The van der Waals surface area contributed by atoms with Gasteiger partial charge in [0.1, 0.15) is 6.04 Å². The molecular formula is C14H21NO4S. The fourth-order valence-corrected chi connectivity index (χ4v) is 3.22. The average Bonchev–Trinajstić information content (AvgIpc) is 2.28. The van der Waals surface area contributed by atoms with Gasteiger partial charge in [0.2, 0.25) is 5.91 Å². The Labute approximate surface area is 123 Å². The van der Waals surface area contributed by atoms with E-state index < -0.39 is 12.0 Å². The van der Waals surface area contributed by atoms with Crippen molar-refractivity contribution in [2.24, 2.45) is 11.8 Å². The van der Waals surface area contributed by atoms with Crippen LogP contribution in [0.5, 0.6) is 0 Å². The topological polar surface area (TPSA) is 72.5 Å². The van der Waals surface area contributed by atoms with Crippen molar-refractivity contribution in [1.29, 1.82) is 0 Å². The van der Waals surface area contributed by atoms with Crippen molar-refractivity contribution in [3.8, 4) is 0 Å². The fraction of sp³-hybridized carbons (Fsp3) is 0.786. The van der Waals surface area contributed by atoms with Crippen molar-refractivity contribution in [3.05, 3.63) is 0 Å². The first-order valence-electron chi connectivity index (χ1n) is 7.16. The van der Waals surface area contributed by atoms with E-state index >= 15 is 0 Å². The number of carbonyl (C=O) groups excluding carboxylic acids is 3. The SMILES string of the molecule is COC(=O)C(CSC(=O)C1CCC1)NC(=O)C1CCC1. The zero-order valence-corrected chi connectivity index (χ0v) is 12.5. The predicted molar refractivity (Wildman–Crippen MR) is 76.1 cm³/mol. The van der Waals surface area contributed by atoms with Crippen molar-refractivity contribution in [2.75, 3.05) is 12.9 Å². The summed E-state index contributed by atoms with van der Waals surface area (Å²) in [5, 5.41) is 2.84. The van der Waals surface area contributed by atoms with Gasteiger partial charge in [-0.3, -0.25) is 9.59 Å². The molecule has 1 unspecified atom stereocenters. The van der Waals surface area contributed by atoms with Crippen LogP contribution in [-0.2, 0) is 19.1 Å². The second-order valence-corrected chi connectivity index (χ2v) is 6.49. The monoisotopic (exact) mass is 299 g/mol. The molecule has 0 saturated heterocycles. The average molecular weight is 299 g/mol. The zero-order chi connectivity index (χ0) is 14.5. The molecular weight excluding hydrogens is 278 g/mol. The maximum absolute atomic E-state index is 11.9. The van der Waals surface area contributed by atoms with Gasteiger partial charge in [-0.15, -0.1) is 0 Å². The summed E-state index contributed by atoms with van der Waals surface area (Å²) in [7, 11) is 1.29. The summed E-state index contributed by atoms with van der Waals surface area (Å²) in [4.78, 5) is 35.4. The van der Waals surface area contributed by atoms with Crippen molar-refractivity contribution in [3.63, 3.8) is 0 Å². The van der Waals surface area contributed by atoms with Gasteiger partial charge in [0.15, 0.2) is 5.12 Å². The van der Waals surface area contributed by atoms with E-state index in [0.29, 0.717) is 0 Å². The van der Waals surface area contributed by atoms with Gasteiger partial charge in [-0.25, -0.2) is 4.79 Å². The van der Waals surface area contributed by atoms with Crippen molar-refractivity contribution >= 4 is 28.8 Å². The largest absolute Gasteiger partial charge is 0.467 e. The number of thioether (sulfide) groups is 1. The molecule has 2 rings (SSSR count). The van der Waals surface area contributed by atoms with Crippen LogP contribution in [0.25, 0.3) is 0 Å². The Bertz CT molecular complexity index is 391. The van der Waals surface area contributed by atoms with Crippen molar-refractivity contribution in [2.45, 2.75) is 44.6 Å². The summed E-state index contributed by atoms with van der Waals surface area (Å²) in [6, 6.07) is -0.720. The van der Waals surface area contributed by atoms with Gasteiger partial charge in [0, 0.05) is 17.6 Å². The maximum atomic E-state index is 11.9. The van der Waals surface area contributed by atoms with Crippen LogP contribution in [0.15, 0.2) is 0 Å². The lowest BCUT2D eigenvalue weighted by Gasteiger charge is -2.27. The van der Waals surface area contributed by atoms with E-state index in [4.69, 9.17) is 4.74 Å². The van der Waals surface area contributed by atoms with E-state index in [-0.39, 0.29) is 28.6 Å². The first-order chi connectivity index (χ1) is 9.61. The quantitative estimate of drug-likeness (QED) is 0.753. The summed E-state index contributed by atoms with van der Waals surface area (Å²) in [5.74, 6) is -0.148. The lowest BCUT2D eigenvalue weighted by Crippen LogP contribution is -2.47. The molecule has 5 nitrogen and oxygen atoms in total. The Balaban J connectivity index is 1.81. The molecule has 20 heavy (non-hydrogen) atoms. The molecule has 0 heterocycles. The number of amides is 1. The van der Waals surface area contributed by atoms with Gasteiger partial charge in [0.05, 0.1) is 7.11 Å². The van der Waals surface area contributed by atoms with Crippen molar-refractivity contribution < 1.29 is 19.1 Å². The van der Waals surface area contributed by atoms with Gasteiger partial charge >= 0.3 is 5.97 Å². The van der Waals surface area contributed by atoms with Crippen molar-refractivity contribution in [1.82, 2.24) is 5.32 Å². The lowest BCUT2D eigenvalue weighted by molar-refractivity contribution is -0.145. The molecule has 2 saturated carbocycles. The number of methoxy groups -OCH3 is 1. The zero-order valence-electron chi connectivity index (χ0n) is 11.7. The van der Waals surface area contributed by atoms with Crippen LogP contribution in [0.2, 0.25) is 0 Å². The van der Waals surface area contributed by atoms with Crippen LogP contribution in [0.1, 0.15) is 38.5 Å². The molecule has 0 radical (unpaired) electrons. The maximum Gasteiger partial charge on any atom is 0.329 e. The molecule has 0 aromatic rings. The van der Waals surface area contributed by atoms with E-state index in [0.717, 1.165) is 50.3 Å². The van der Waals surface area contributed by atoms with E-state index in [2.05, 4.69) is 5.32 Å². The lowest BCUT2D eigenvalue weighted by atomic mass is 9.84.